The molecule has 5 nitrogen and oxygen atoms in total. The molecule has 1 aromatic carbocycles. The average molecular weight is 294 g/mol. The van der Waals surface area contributed by atoms with Gasteiger partial charge in [-0.1, -0.05) is 0 Å². The van der Waals surface area contributed by atoms with E-state index in [1.807, 2.05) is 0 Å². The van der Waals surface area contributed by atoms with Crippen LogP contribution in [0.25, 0.3) is 0 Å². The topological polar surface area (TPSA) is 67.4 Å². The van der Waals surface area contributed by atoms with Crippen LogP contribution in [0.5, 0.6) is 0 Å². The number of hydrogen-bond acceptors (Lipinski definition) is 4. The highest BCUT2D eigenvalue weighted by Crippen LogP contribution is 2.18. The van der Waals surface area contributed by atoms with Crippen LogP contribution in [0.2, 0.25) is 0 Å². The Balaban J connectivity index is 1.94. The molecule has 21 heavy (non-hydrogen) atoms. The summed E-state index contributed by atoms with van der Waals surface area (Å²) in [7, 11) is 1.25. The molecule has 1 fully saturated rings. The standard InChI is InChI=1S/C15H19FN2O3/c1-21-15(20)10-4-6-12(16)13(9-10)18-14(19)7-5-11-3-2-8-17-11/h4,6,9,11,17H,2-3,5,7-8H2,1H3,(H,18,19). The predicted octanol–water partition coefficient (Wildman–Crippen LogP) is 2.08. The third-order valence-electron chi connectivity index (χ3n) is 3.54. The summed E-state index contributed by atoms with van der Waals surface area (Å²) in [5.74, 6) is -1.40. The summed E-state index contributed by atoms with van der Waals surface area (Å²) in [6.45, 7) is 0.988. The van der Waals surface area contributed by atoms with Crippen LogP contribution in [-0.2, 0) is 9.53 Å². The second-order valence-electron chi connectivity index (χ2n) is 5.07. The summed E-state index contributed by atoms with van der Waals surface area (Å²) in [4.78, 5) is 23.2. The van der Waals surface area contributed by atoms with Gasteiger partial charge < -0.3 is 15.4 Å². The molecule has 1 atom stereocenters. The van der Waals surface area contributed by atoms with Crippen molar-refractivity contribution in [2.45, 2.75) is 31.7 Å². The monoisotopic (exact) mass is 294 g/mol. The number of rotatable bonds is 5. The minimum absolute atomic E-state index is 0.00211. The Morgan fingerprint density at radius 2 is 2.29 bits per heavy atom. The number of carbonyl (C=O) groups excluding carboxylic acids is 2. The largest absolute Gasteiger partial charge is 0.465 e. The molecule has 0 radical (unpaired) electrons. The molecule has 1 aliphatic heterocycles. The van der Waals surface area contributed by atoms with Crippen molar-refractivity contribution >= 4 is 17.6 Å². The lowest BCUT2D eigenvalue weighted by Gasteiger charge is -2.11. The second kappa shape index (κ2) is 7.17. The maximum Gasteiger partial charge on any atom is 0.337 e. The minimum atomic E-state index is -0.574. The molecular weight excluding hydrogens is 275 g/mol. The van der Waals surface area contributed by atoms with Crippen molar-refractivity contribution in [2.24, 2.45) is 0 Å². The highest BCUT2D eigenvalue weighted by Gasteiger charge is 2.16. The first-order valence-corrected chi connectivity index (χ1v) is 7.01. The lowest BCUT2D eigenvalue weighted by Crippen LogP contribution is -2.23. The molecule has 2 rings (SSSR count). The van der Waals surface area contributed by atoms with Crippen LogP contribution >= 0.6 is 0 Å². The zero-order valence-corrected chi connectivity index (χ0v) is 11.9. The summed E-state index contributed by atoms with van der Waals surface area (Å²) in [6.07, 6.45) is 3.24. The van der Waals surface area contributed by atoms with Gasteiger partial charge in [0.2, 0.25) is 5.91 Å². The maximum absolute atomic E-state index is 13.7. The zero-order chi connectivity index (χ0) is 15.2. The number of hydrogen-bond donors (Lipinski definition) is 2. The van der Waals surface area contributed by atoms with Crippen molar-refractivity contribution in [3.63, 3.8) is 0 Å². The Morgan fingerprint density at radius 3 is 2.95 bits per heavy atom. The number of halogens is 1. The molecule has 0 spiro atoms. The van der Waals surface area contributed by atoms with Crippen LogP contribution < -0.4 is 10.6 Å². The molecule has 1 saturated heterocycles. The van der Waals surface area contributed by atoms with Gasteiger partial charge in [-0.25, -0.2) is 9.18 Å². The molecule has 1 amide bonds. The quantitative estimate of drug-likeness (QED) is 0.816. The molecule has 0 aromatic heterocycles. The average Bonchev–Trinajstić information content (AvgIpc) is 3.00. The number of amides is 1. The van der Waals surface area contributed by atoms with Crippen LogP contribution in [0, 0.1) is 5.82 Å². The third kappa shape index (κ3) is 4.26. The van der Waals surface area contributed by atoms with E-state index in [2.05, 4.69) is 15.4 Å². The third-order valence-corrected chi connectivity index (χ3v) is 3.54. The molecule has 0 bridgehead atoms. The molecular formula is C15H19FN2O3. The van der Waals surface area contributed by atoms with E-state index in [0.717, 1.165) is 31.9 Å². The zero-order valence-electron chi connectivity index (χ0n) is 11.9. The minimum Gasteiger partial charge on any atom is -0.465 e. The van der Waals surface area contributed by atoms with Gasteiger partial charge in [0.25, 0.3) is 0 Å². The molecule has 1 aliphatic rings. The summed E-state index contributed by atoms with van der Waals surface area (Å²) < 4.78 is 18.2. The highest BCUT2D eigenvalue weighted by atomic mass is 19.1. The number of esters is 1. The van der Waals surface area contributed by atoms with E-state index in [4.69, 9.17) is 0 Å². The Bertz CT molecular complexity index is 528. The fourth-order valence-corrected chi connectivity index (χ4v) is 2.39. The van der Waals surface area contributed by atoms with E-state index in [1.165, 1.54) is 19.2 Å². The Hall–Kier alpha value is -1.95. The van der Waals surface area contributed by atoms with Crippen LogP contribution in [0.3, 0.4) is 0 Å². The SMILES string of the molecule is COC(=O)c1ccc(F)c(NC(=O)CCC2CCCN2)c1. The fraction of sp³-hybridized carbons (Fsp3) is 0.467. The van der Waals surface area contributed by atoms with Gasteiger partial charge in [0.15, 0.2) is 0 Å². The van der Waals surface area contributed by atoms with Gasteiger partial charge in [-0.2, -0.15) is 0 Å². The summed E-state index contributed by atoms with van der Waals surface area (Å²) in [5, 5.41) is 5.81. The lowest BCUT2D eigenvalue weighted by molar-refractivity contribution is -0.116. The van der Waals surface area contributed by atoms with Crippen molar-refractivity contribution < 1.29 is 18.7 Å². The van der Waals surface area contributed by atoms with Gasteiger partial charge in [0, 0.05) is 12.5 Å². The predicted molar refractivity (Wildman–Crippen MR) is 76.6 cm³/mol. The van der Waals surface area contributed by atoms with Crippen molar-refractivity contribution in [2.75, 3.05) is 19.0 Å². The van der Waals surface area contributed by atoms with Gasteiger partial charge in [0.05, 0.1) is 18.4 Å². The molecule has 114 valence electrons. The number of ether oxygens (including phenoxy) is 1. The summed E-state index contributed by atoms with van der Waals surface area (Å²) in [6, 6.07) is 4.11. The number of nitrogens with one attached hydrogen (secondary N) is 2. The molecule has 0 saturated carbocycles. The summed E-state index contributed by atoms with van der Waals surface area (Å²) >= 11 is 0. The number of anilines is 1. The van der Waals surface area contributed by atoms with E-state index >= 15 is 0 Å². The van der Waals surface area contributed by atoms with Crippen molar-refractivity contribution in [1.82, 2.24) is 5.32 Å². The first-order chi connectivity index (χ1) is 10.1. The Labute approximate surface area is 122 Å². The summed E-state index contributed by atoms with van der Waals surface area (Å²) in [5.41, 5.74) is 0.203. The van der Waals surface area contributed by atoms with Gasteiger partial charge in [-0.3, -0.25) is 4.79 Å². The van der Waals surface area contributed by atoms with Crippen LogP contribution in [0.1, 0.15) is 36.0 Å². The Kier molecular flexibility index (Phi) is 5.27. The van der Waals surface area contributed by atoms with Gasteiger partial charge in [-0.05, 0) is 44.0 Å². The van der Waals surface area contributed by atoms with E-state index in [1.54, 1.807) is 0 Å². The highest BCUT2D eigenvalue weighted by molar-refractivity contribution is 5.94. The molecule has 6 heteroatoms. The number of benzene rings is 1. The fourth-order valence-electron chi connectivity index (χ4n) is 2.39. The van der Waals surface area contributed by atoms with E-state index < -0.39 is 11.8 Å². The molecule has 1 unspecified atom stereocenters. The maximum atomic E-state index is 13.7. The normalized spacial score (nSPS) is 17.5. The van der Waals surface area contributed by atoms with Crippen molar-refractivity contribution in [1.29, 1.82) is 0 Å². The first kappa shape index (κ1) is 15.4. The van der Waals surface area contributed by atoms with Gasteiger partial charge in [0.1, 0.15) is 5.82 Å². The Morgan fingerprint density at radius 1 is 1.48 bits per heavy atom. The number of carbonyl (C=O) groups is 2. The van der Waals surface area contributed by atoms with Gasteiger partial charge >= 0.3 is 5.97 Å². The first-order valence-electron chi connectivity index (χ1n) is 7.01. The van der Waals surface area contributed by atoms with Crippen molar-refractivity contribution in [3.05, 3.63) is 29.6 Å². The smallest absolute Gasteiger partial charge is 0.337 e. The van der Waals surface area contributed by atoms with E-state index in [-0.39, 0.29) is 17.2 Å². The molecule has 1 aromatic rings. The van der Waals surface area contributed by atoms with E-state index in [0.29, 0.717) is 12.5 Å². The molecule has 1 heterocycles. The van der Waals surface area contributed by atoms with Crippen LogP contribution in [0.15, 0.2) is 18.2 Å². The van der Waals surface area contributed by atoms with Crippen LogP contribution in [0.4, 0.5) is 10.1 Å². The van der Waals surface area contributed by atoms with E-state index in [9.17, 15) is 14.0 Å². The lowest BCUT2D eigenvalue weighted by atomic mass is 10.1. The van der Waals surface area contributed by atoms with Crippen LogP contribution in [-0.4, -0.2) is 31.6 Å². The number of methoxy groups -OCH3 is 1. The molecule has 0 aliphatic carbocycles. The van der Waals surface area contributed by atoms with Crippen molar-refractivity contribution in [3.8, 4) is 0 Å². The molecule has 2 N–H and O–H groups in total. The second-order valence-corrected chi connectivity index (χ2v) is 5.07. The van der Waals surface area contributed by atoms with Gasteiger partial charge in [-0.15, -0.1) is 0 Å².